The maximum absolute atomic E-state index is 12.4. The van der Waals surface area contributed by atoms with E-state index in [1.807, 2.05) is 24.3 Å². The van der Waals surface area contributed by atoms with Crippen molar-refractivity contribution in [2.75, 3.05) is 19.0 Å². The van der Waals surface area contributed by atoms with Gasteiger partial charge in [0.2, 0.25) is 0 Å². The van der Waals surface area contributed by atoms with Gasteiger partial charge < -0.3 is 19.9 Å². The van der Waals surface area contributed by atoms with E-state index in [2.05, 4.69) is 17.4 Å². The summed E-state index contributed by atoms with van der Waals surface area (Å²) in [5.74, 6) is 0.631. The highest BCUT2D eigenvalue weighted by Gasteiger charge is 2.13. The van der Waals surface area contributed by atoms with Crippen LogP contribution in [0.15, 0.2) is 72.8 Å². The molecular formula is C22H21NO4. The van der Waals surface area contributed by atoms with E-state index >= 15 is 0 Å². The van der Waals surface area contributed by atoms with E-state index < -0.39 is 5.91 Å². The molecule has 0 fully saturated rings. The number of phenolic OH excluding ortho intramolecular Hbond substituents is 1. The molecule has 138 valence electrons. The summed E-state index contributed by atoms with van der Waals surface area (Å²) < 4.78 is 10.9. The van der Waals surface area contributed by atoms with Crippen molar-refractivity contribution in [3.05, 3.63) is 83.9 Å². The molecule has 3 aromatic carbocycles. The zero-order valence-corrected chi connectivity index (χ0v) is 15.0. The molecule has 0 aliphatic heterocycles. The second kappa shape index (κ2) is 8.76. The Morgan fingerprint density at radius 1 is 0.963 bits per heavy atom. The fourth-order valence-corrected chi connectivity index (χ4v) is 2.62. The lowest BCUT2D eigenvalue weighted by Crippen LogP contribution is -2.12. The number of carbonyl (C=O) groups is 1. The molecule has 2 N–H and O–H groups in total. The maximum Gasteiger partial charge on any atom is 0.259 e. The predicted octanol–water partition coefficient (Wildman–Crippen LogP) is 4.27. The van der Waals surface area contributed by atoms with Gasteiger partial charge in [-0.1, -0.05) is 36.4 Å². The van der Waals surface area contributed by atoms with Crippen LogP contribution >= 0.6 is 0 Å². The fraction of sp³-hybridized carbons (Fsp3) is 0.136. The van der Waals surface area contributed by atoms with Crippen LogP contribution < -0.4 is 14.8 Å². The molecule has 0 aliphatic carbocycles. The minimum atomic E-state index is -0.423. The second-order valence-electron chi connectivity index (χ2n) is 5.95. The van der Waals surface area contributed by atoms with Crippen LogP contribution in [0.25, 0.3) is 0 Å². The van der Waals surface area contributed by atoms with Crippen LogP contribution in [0.5, 0.6) is 17.2 Å². The molecule has 3 aromatic rings. The molecule has 3 rings (SSSR count). The number of nitrogens with one attached hydrogen (secondary N) is 1. The summed E-state index contributed by atoms with van der Waals surface area (Å²) in [7, 11) is 1.50. The first-order valence-corrected chi connectivity index (χ1v) is 8.61. The van der Waals surface area contributed by atoms with Crippen molar-refractivity contribution in [1.29, 1.82) is 0 Å². The molecule has 5 nitrogen and oxygen atoms in total. The highest BCUT2D eigenvalue weighted by atomic mass is 16.5. The largest absolute Gasteiger partial charge is 0.507 e. The number of amides is 1. The van der Waals surface area contributed by atoms with Gasteiger partial charge in [-0.2, -0.15) is 0 Å². The molecule has 0 heterocycles. The highest BCUT2D eigenvalue weighted by Crippen LogP contribution is 2.25. The van der Waals surface area contributed by atoms with E-state index in [-0.39, 0.29) is 11.3 Å². The third kappa shape index (κ3) is 5.01. The van der Waals surface area contributed by atoms with E-state index in [0.29, 0.717) is 23.8 Å². The highest BCUT2D eigenvalue weighted by molar-refractivity contribution is 6.06. The van der Waals surface area contributed by atoms with Crippen LogP contribution in [0.2, 0.25) is 0 Å². The molecule has 0 unspecified atom stereocenters. The first kappa shape index (κ1) is 18.3. The topological polar surface area (TPSA) is 67.8 Å². The normalized spacial score (nSPS) is 10.3. The van der Waals surface area contributed by atoms with Gasteiger partial charge in [-0.05, 0) is 35.9 Å². The fourth-order valence-electron chi connectivity index (χ4n) is 2.62. The Bertz CT molecular complexity index is 909. The molecule has 27 heavy (non-hydrogen) atoms. The van der Waals surface area contributed by atoms with E-state index in [9.17, 15) is 9.90 Å². The Balaban J connectivity index is 1.62. The molecule has 0 saturated carbocycles. The minimum absolute atomic E-state index is 0.108. The van der Waals surface area contributed by atoms with Crippen LogP contribution in [0.4, 0.5) is 5.69 Å². The smallest absolute Gasteiger partial charge is 0.259 e. The van der Waals surface area contributed by atoms with Crippen LogP contribution in [0.3, 0.4) is 0 Å². The van der Waals surface area contributed by atoms with Crippen LogP contribution in [0, 0.1) is 0 Å². The van der Waals surface area contributed by atoms with Gasteiger partial charge in [-0.25, -0.2) is 0 Å². The van der Waals surface area contributed by atoms with Crippen molar-refractivity contribution in [3.63, 3.8) is 0 Å². The Hall–Kier alpha value is -3.47. The average Bonchev–Trinajstić information content (AvgIpc) is 2.69. The zero-order chi connectivity index (χ0) is 19.1. The average molecular weight is 363 g/mol. The third-order valence-electron chi connectivity index (χ3n) is 4.04. The lowest BCUT2D eigenvalue weighted by molar-refractivity contribution is 0.102. The number of carbonyl (C=O) groups excluding carboxylic acids is 1. The Morgan fingerprint density at radius 2 is 1.78 bits per heavy atom. The van der Waals surface area contributed by atoms with Gasteiger partial charge in [0.25, 0.3) is 5.91 Å². The number of hydrogen-bond donors (Lipinski definition) is 2. The number of anilines is 1. The number of ether oxygens (including phenoxy) is 2. The lowest BCUT2D eigenvalue weighted by Gasteiger charge is -2.11. The Kier molecular flexibility index (Phi) is 5.94. The number of methoxy groups -OCH3 is 1. The summed E-state index contributed by atoms with van der Waals surface area (Å²) in [5.41, 5.74) is 1.93. The Labute approximate surface area is 158 Å². The van der Waals surface area contributed by atoms with Crippen molar-refractivity contribution < 1.29 is 19.4 Å². The van der Waals surface area contributed by atoms with Crippen LogP contribution in [-0.2, 0) is 6.42 Å². The van der Waals surface area contributed by atoms with Gasteiger partial charge in [0.15, 0.2) is 0 Å². The number of rotatable bonds is 7. The molecule has 0 aliphatic rings. The zero-order valence-electron chi connectivity index (χ0n) is 15.0. The SMILES string of the molecule is COc1ccc(O)c(C(=O)Nc2cccc(OCCc3ccccc3)c2)c1. The van der Waals surface area contributed by atoms with Crippen molar-refractivity contribution in [2.24, 2.45) is 0 Å². The first-order chi connectivity index (χ1) is 13.2. The van der Waals surface area contributed by atoms with Gasteiger partial charge in [0.05, 0.1) is 19.3 Å². The summed E-state index contributed by atoms with van der Waals surface area (Å²) >= 11 is 0. The van der Waals surface area contributed by atoms with Gasteiger partial charge in [-0.15, -0.1) is 0 Å². The summed E-state index contributed by atoms with van der Waals surface area (Å²) in [6, 6.07) is 21.8. The Morgan fingerprint density at radius 3 is 2.56 bits per heavy atom. The molecule has 0 radical (unpaired) electrons. The van der Waals surface area contributed by atoms with E-state index in [1.165, 1.54) is 24.8 Å². The van der Waals surface area contributed by atoms with Crippen molar-refractivity contribution in [3.8, 4) is 17.2 Å². The van der Waals surface area contributed by atoms with Gasteiger partial charge in [-0.3, -0.25) is 4.79 Å². The van der Waals surface area contributed by atoms with E-state index in [0.717, 1.165) is 6.42 Å². The number of hydrogen-bond acceptors (Lipinski definition) is 4. The molecule has 0 bridgehead atoms. The minimum Gasteiger partial charge on any atom is -0.507 e. The van der Waals surface area contributed by atoms with Crippen LogP contribution in [0.1, 0.15) is 15.9 Å². The quantitative estimate of drug-likeness (QED) is 0.658. The molecule has 0 atom stereocenters. The maximum atomic E-state index is 12.4. The molecule has 5 heteroatoms. The van der Waals surface area contributed by atoms with Crippen molar-refractivity contribution >= 4 is 11.6 Å². The van der Waals surface area contributed by atoms with Crippen LogP contribution in [-0.4, -0.2) is 24.7 Å². The van der Waals surface area contributed by atoms with Gasteiger partial charge >= 0.3 is 0 Å². The van der Waals surface area contributed by atoms with E-state index in [4.69, 9.17) is 9.47 Å². The molecular weight excluding hydrogens is 342 g/mol. The standard InChI is InChI=1S/C22H21NO4/c1-26-18-10-11-21(24)20(15-18)22(25)23-17-8-5-9-19(14-17)27-13-12-16-6-3-2-4-7-16/h2-11,14-15,24H,12-13H2,1H3,(H,23,25). The monoisotopic (exact) mass is 363 g/mol. The lowest BCUT2D eigenvalue weighted by atomic mass is 10.1. The molecule has 1 amide bonds. The molecule has 0 saturated heterocycles. The van der Waals surface area contributed by atoms with E-state index in [1.54, 1.807) is 24.3 Å². The third-order valence-corrected chi connectivity index (χ3v) is 4.04. The number of phenols is 1. The van der Waals surface area contributed by atoms with Crippen molar-refractivity contribution in [2.45, 2.75) is 6.42 Å². The summed E-state index contributed by atoms with van der Waals surface area (Å²) in [4.78, 5) is 12.4. The molecule has 0 aromatic heterocycles. The van der Waals surface area contributed by atoms with Gasteiger partial charge in [0, 0.05) is 18.2 Å². The first-order valence-electron chi connectivity index (χ1n) is 8.61. The number of aromatic hydroxyl groups is 1. The predicted molar refractivity (Wildman–Crippen MR) is 105 cm³/mol. The second-order valence-corrected chi connectivity index (χ2v) is 5.95. The molecule has 0 spiro atoms. The summed E-state index contributed by atoms with van der Waals surface area (Å²) in [6.45, 7) is 0.540. The van der Waals surface area contributed by atoms with Crippen molar-refractivity contribution in [1.82, 2.24) is 0 Å². The summed E-state index contributed by atoms with van der Waals surface area (Å²) in [6.07, 6.45) is 0.801. The summed E-state index contributed by atoms with van der Waals surface area (Å²) in [5, 5.41) is 12.7. The van der Waals surface area contributed by atoms with Gasteiger partial charge in [0.1, 0.15) is 17.2 Å². The number of benzene rings is 3.